The number of nitrogens with zero attached hydrogens (tertiary/aromatic N) is 2. The van der Waals surface area contributed by atoms with Gasteiger partial charge in [-0.3, -0.25) is 4.90 Å². The van der Waals surface area contributed by atoms with Crippen LogP contribution in [-0.4, -0.2) is 73.0 Å². The zero-order valence-electron chi connectivity index (χ0n) is 12.1. The summed E-state index contributed by atoms with van der Waals surface area (Å²) in [6, 6.07) is 0.517. The molecule has 0 bridgehead atoms. The maximum absolute atomic E-state index is 12.1. The van der Waals surface area contributed by atoms with Gasteiger partial charge in [-0.05, 0) is 20.8 Å². The van der Waals surface area contributed by atoms with Gasteiger partial charge in [0.25, 0.3) is 0 Å². The number of piperazine rings is 1. The zero-order valence-corrected chi connectivity index (χ0v) is 12.1. The van der Waals surface area contributed by atoms with E-state index in [1.807, 2.05) is 20.8 Å². The van der Waals surface area contributed by atoms with Crippen LogP contribution in [0.4, 0.5) is 4.79 Å². The second-order valence-electron chi connectivity index (χ2n) is 6.24. The minimum atomic E-state index is -0.447. The van der Waals surface area contributed by atoms with Crippen LogP contribution in [0.5, 0.6) is 0 Å². The Morgan fingerprint density at radius 1 is 1.37 bits per heavy atom. The molecule has 2 atom stereocenters. The van der Waals surface area contributed by atoms with Crippen molar-refractivity contribution in [2.45, 2.75) is 38.5 Å². The maximum atomic E-state index is 12.1. The zero-order chi connectivity index (χ0) is 14.0. The molecule has 2 unspecified atom stereocenters. The average molecular weight is 271 g/mol. The van der Waals surface area contributed by atoms with Crippen molar-refractivity contribution in [1.82, 2.24) is 9.80 Å². The van der Waals surface area contributed by atoms with E-state index >= 15 is 0 Å². The van der Waals surface area contributed by atoms with E-state index in [4.69, 9.17) is 15.2 Å². The number of carbonyl (C=O) groups is 1. The molecule has 0 radical (unpaired) electrons. The first-order chi connectivity index (χ1) is 8.90. The van der Waals surface area contributed by atoms with Gasteiger partial charge < -0.3 is 20.1 Å². The van der Waals surface area contributed by atoms with Crippen molar-refractivity contribution in [2.24, 2.45) is 5.73 Å². The van der Waals surface area contributed by atoms with Crippen molar-refractivity contribution in [2.75, 3.05) is 39.4 Å². The van der Waals surface area contributed by atoms with Crippen LogP contribution in [0.2, 0.25) is 0 Å². The lowest BCUT2D eigenvalue weighted by molar-refractivity contribution is -0.0792. The highest BCUT2D eigenvalue weighted by Gasteiger charge is 2.37. The number of rotatable bonds is 1. The Morgan fingerprint density at radius 3 is 2.74 bits per heavy atom. The normalized spacial score (nSPS) is 28.9. The quantitative estimate of drug-likeness (QED) is 0.741. The van der Waals surface area contributed by atoms with Gasteiger partial charge in [0.05, 0.1) is 19.3 Å². The molecule has 2 N–H and O–H groups in total. The minimum Gasteiger partial charge on any atom is -0.444 e. The first kappa shape index (κ1) is 14.6. The van der Waals surface area contributed by atoms with Crippen molar-refractivity contribution >= 4 is 6.09 Å². The van der Waals surface area contributed by atoms with Gasteiger partial charge in [-0.1, -0.05) is 0 Å². The smallest absolute Gasteiger partial charge is 0.410 e. The maximum Gasteiger partial charge on any atom is 0.410 e. The summed E-state index contributed by atoms with van der Waals surface area (Å²) in [7, 11) is 0. The third-order valence-corrected chi connectivity index (χ3v) is 3.54. The molecular formula is C13H25N3O3. The Labute approximate surface area is 114 Å². The second-order valence-corrected chi connectivity index (χ2v) is 6.24. The molecule has 110 valence electrons. The summed E-state index contributed by atoms with van der Waals surface area (Å²) in [5, 5.41) is 0. The fraction of sp³-hybridized carbons (Fsp3) is 0.923. The van der Waals surface area contributed by atoms with E-state index in [1.54, 1.807) is 4.90 Å². The summed E-state index contributed by atoms with van der Waals surface area (Å²) in [5.74, 6) is 0. The number of amides is 1. The number of fused-ring (bicyclic) bond motifs is 1. The highest BCUT2D eigenvalue weighted by Crippen LogP contribution is 2.20. The average Bonchev–Trinajstić information content (AvgIpc) is 2.35. The summed E-state index contributed by atoms with van der Waals surface area (Å²) < 4.78 is 11.0. The molecule has 19 heavy (non-hydrogen) atoms. The molecule has 0 spiro atoms. The predicted molar refractivity (Wildman–Crippen MR) is 72.0 cm³/mol. The van der Waals surface area contributed by atoms with Crippen molar-refractivity contribution in [3.05, 3.63) is 0 Å². The minimum absolute atomic E-state index is 0.234. The number of nitrogens with two attached hydrogens (primary N) is 1. The fourth-order valence-corrected chi connectivity index (χ4v) is 2.63. The Kier molecular flexibility index (Phi) is 4.32. The third-order valence-electron chi connectivity index (χ3n) is 3.54. The van der Waals surface area contributed by atoms with Crippen molar-refractivity contribution in [1.29, 1.82) is 0 Å². The highest BCUT2D eigenvalue weighted by atomic mass is 16.6. The first-order valence-corrected chi connectivity index (χ1v) is 6.92. The Balaban J connectivity index is 1.93. The predicted octanol–water partition coefficient (Wildman–Crippen LogP) is 0.265. The Hall–Kier alpha value is -0.850. The standard InChI is InChI=1S/C13H25N3O3/c1-13(2,3)19-12(17)15-4-5-16-10(6-14)8-18-9-11(16)7-15/h10-11H,4-9,14H2,1-3H3. The van der Waals surface area contributed by atoms with Crippen LogP contribution >= 0.6 is 0 Å². The van der Waals surface area contributed by atoms with Crippen LogP contribution in [0, 0.1) is 0 Å². The molecule has 6 nitrogen and oxygen atoms in total. The monoisotopic (exact) mass is 271 g/mol. The SMILES string of the molecule is CC(C)(C)OC(=O)N1CCN2C(CN)COCC2C1. The lowest BCUT2D eigenvalue weighted by Gasteiger charge is -2.47. The van der Waals surface area contributed by atoms with Crippen molar-refractivity contribution < 1.29 is 14.3 Å². The lowest BCUT2D eigenvalue weighted by Crippen LogP contribution is -2.64. The molecule has 6 heteroatoms. The van der Waals surface area contributed by atoms with Crippen molar-refractivity contribution in [3.8, 4) is 0 Å². The molecule has 0 aromatic rings. The molecule has 0 saturated carbocycles. The van der Waals surface area contributed by atoms with Crippen LogP contribution < -0.4 is 5.73 Å². The van der Waals surface area contributed by atoms with Gasteiger partial charge in [0.15, 0.2) is 0 Å². The second kappa shape index (κ2) is 5.64. The first-order valence-electron chi connectivity index (χ1n) is 6.92. The molecule has 1 amide bonds. The van der Waals surface area contributed by atoms with Crippen LogP contribution in [0.1, 0.15) is 20.8 Å². The molecule has 2 heterocycles. The van der Waals surface area contributed by atoms with Gasteiger partial charge in [0, 0.05) is 32.2 Å². The van der Waals surface area contributed by atoms with Crippen LogP contribution in [0.15, 0.2) is 0 Å². The number of morpholine rings is 1. The van der Waals surface area contributed by atoms with E-state index in [0.717, 1.165) is 6.54 Å². The van der Waals surface area contributed by atoms with Crippen LogP contribution in [0.25, 0.3) is 0 Å². The fourth-order valence-electron chi connectivity index (χ4n) is 2.63. The summed E-state index contributed by atoms with van der Waals surface area (Å²) in [6.07, 6.45) is -0.234. The molecule has 0 aromatic carbocycles. The molecule has 2 aliphatic heterocycles. The van der Waals surface area contributed by atoms with Gasteiger partial charge in [0.2, 0.25) is 0 Å². The summed E-state index contributed by atoms with van der Waals surface area (Å²) in [6.45, 7) is 9.81. The number of ether oxygens (including phenoxy) is 2. The molecule has 2 aliphatic rings. The molecule has 2 saturated heterocycles. The van der Waals surface area contributed by atoms with Gasteiger partial charge in [0.1, 0.15) is 5.60 Å². The van der Waals surface area contributed by atoms with Crippen molar-refractivity contribution in [3.63, 3.8) is 0 Å². The van der Waals surface area contributed by atoms with E-state index in [2.05, 4.69) is 4.90 Å². The van der Waals surface area contributed by atoms with E-state index in [0.29, 0.717) is 32.8 Å². The highest BCUT2D eigenvalue weighted by molar-refractivity contribution is 5.68. The van der Waals surface area contributed by atoms with E-state index in [-0.39, 0.29) is 18.2 Å². The molecule has 0 aliphatic carbocycles. The third kappa shape index (κ3) is 3.58. The van der Waals surface area contributed by atoms with E-state index < -0.39 is 5.60 Å². The number of carbonyl (C=O) groups excluding carboxylic acids is 1. The molecule has 2 rings (SSSR count). The van der Waals surface area contributed by atoms with Gasteiger partial charge >= 0.3 is 6.09 Å². The van der Waals surface area contributed by atoms with E-state index in [1.165, 1.54) is 0 Å². The molecular weight excluding hydrogens is 246 g/mol. The van der Waals surface area contributed by atoms with Crippen LogP contribution in [0.3, 0.4) is 0 Å². The largest absolute Gasteiger partial charge is 0.444 e. The Bertz CT molecular complexity index is 330. The number of hydrogen-bond acceptors (Lipinski definition) is 5. The molecule has 0 aromatic heterocycles. The summed E-state index contributed by atoms with van der Waals surface area (Å²) >= 11 is 0. The lowest BCUT2D eigenvalue weighted by atomic mass is 10.1. The number of hydrogen-bond donors (Lipinski definition) is 1. The van der Waals surface area contributed by atoms with Crippen LogP contribution in [-0.2, 0) is 9.47 Å². The Morgan fingerprint density at radius 2 is 2.11 bits per heavy atom. The van der Waals surface area contributed by atoms with Gasteiger partial charge in [-0.15, -0.1) is 0 Å². The van der Waals surface area contributed by atoms with E-state index in [9.17, 15) is 4.79 Å². The van der Waals surface area contributed by atoms with Gasteiger partial charge in [-0.25, -0.2) is 4.79 Å². The topological polar surface area (TPSA) is 68.0 Å². The molecule has 2 fully saturated rings. The van der Waals surface area contributed by atoms with Gasteiger partial charge in [-0.2, -0.15) is 0 Å². The summed E-state index contributed by atoms with van der Waals surface area (Å²) in [5.41, 5.74) is 5.31. The summed E-state index contributed by atoms with van der Waals surface area (Å²) in [4.78, 5) is 16.2.